The van der Waals surface area contributed by atoms with Crippen molar-refractivity contribution in [2.45, 2.75) is 32.0 Å². The van der Waals surface area contributed by atoms with Crippen LogP contribution in [0.15, 0.2) is 29.1 Å². The zero-order valence-electron chi connectivity index (χ0n) is 14.4. The number of anilines is 1. The normalized spacial score (nSPS) is 18.8. The Bertz CT molecular complexity index is 930. The van der Waals surface area contributed by atoms with Crippen molar-refractivity contribution in [1.29, 1.82) is 0 Å². The van der Waals surface area contributed by atoms with Crippen LogP contribution in [0.4, 0.5) is 10.5 Å². The summed E-state index contributed by atoms with van der Waals surface area (Å²) in [5, 5.41) is 3.30. The zero-order chi connectivity index (χ0) is 19.0. The maximum Gasteiger partial charge on any atom is 0.365 e. The van der Waals surface area contributed by atoms with Gasteiger partial charge in [0.05, 0.1) is 12.6 Å². The molecule has 27 heavy (non-hydrogen) atoms. The minimum absolute atomic E-state index is 0.00357. The summed E-state index contributed by atoms with van der Waals surface area (Å²) in [4.78, 5) is 42.5. The van der Waals surface area contributed by atoms with Crippen molar-refractivity contribution in [2.75, 3.05) is 18.1 Å². The second-order valence-electron chi connectivity index (χ2n) is 6.46. The maximum atomic E-state index is 12.8. The summed E-state index contributed by atoms with van der Waals surface area (Å²) >= 11 is 5.88. The summed E-state index contributed by atoms with van der Waals surface area (Å²) in [5.74, 6) is -0.0695. The average molecular weight is 392 g/mol. The van der Waals surface area contributed by atoms with E-state index >= 15 is 0 Å². The highest BCUT2D eigenvalue weighted by atomic mass is 35.5. The number of aromatic nitrogens is 3. The van der Waals surface area contributed by atoms with E-state index in [9.17, 15) is 14.4 Å². The highest BCUT2D eigenvalue weighted by Gasteiger charge is 2.33. The molecular formula is C17H18ClN5O4. The number of hydrogen-bond donors (Lipinski definition) is 1. The summed E-state index contributed by atoms with van der Waals surface area (Å²) in [5.41, 5.74) is 0.0121. The van der Waals surface area contributed by atoms with Crippen LogP contribution in [0.25, 0.3) is 0 Å². The first-order chi connectivity index (χ1) is 13.0. The van der Waals surface area contributed by atoms with E-state index in [1.54, 1.807) is 24.3 Å². The van der Waals surface area contributed by atoms with Crippen molar-refractivity contribution in [3.63, 3.8) is 0 Å². The van der Waals surface area contributed by atoms with Crippen molar-refractivity contribution < 1.29 is 14.3 Å². The van der Waals surface area contributed by atoms with E-state index in [0.29, 0.717) is 29.7 Å². The van der Waals surface area contributed by atoms with Gasteiger partial charge in [-0.25, -0.2) is 14.3 Å². The van der Waals surface area contributed by atoms with Crippen LogP contribution in [0.3, 0.4) is 0 Å². The first-order valence-corrected chi connectivity index (χ1v) is 9.05. The Labute approximate surface area is 159 Å². The predicted molar refractivity (Wildman–Crippen MR) is 96.9 cm³/mol. The lowest BCUT2D eigenvalue weighted by Gasteiger charge is -2.16. The summed E-state index contributed by atoms with van der Waals surface area (Å²) in [7, 11) is 0. The number of carbonyl (C=O) groups excluding carboxylic acids is 2. The molecule has 1 aromatic heterocycles. The van der Waals surface area contributed by atoms with E-state index in [-0.39, 0.29) is 25.1 Å². The first-order valence-electron chi connectivity index (χ1n) is 8.67. The zero-order valence-corrected chi connectivity index (χ0v) is 15.2. The molecule has 1 aromatic carbocycles. The van der Waals surface area contributed by atoms with Crippen molar-refractivity contribution >= 4 is 29.2 Å². The van der Waals surface area contributed by atoms with Gasteiger partial charge in [-0.2, -0.15) is 9.67 Å². The van der Waals surface area contributed by atoms with Crippen molar-refractivity contribution in [3.8, 4) is 0 Å². The highest BCUT2D eigenvalue weighted by molar-refractivity contribution is 6.30. The number of nitrogens with zero attached hydrogens (tertiary/aromatic N) is 4. The Hall–Kier alpha value is -2.65. The topological polar surface area (TPSA) is 98.5 Å². The van der Waals surface area contributed by atoms with Gasteiger partial charge in [-0.3, -0.25) is 9.69 Å². The summed E-state index contributed by atoms with van der Waals surface area (Å²) in [6, 6.07) is 6.34. The van der Waals surface area contributed by atoms with Gasteiger partial charge in [0.25, 0.3) is 0 Å². The van der Waals surface area contributed by atoms with Crippen LogP contribution in [-0.4, -0.2) is 45.5 Å². The molecule has 0 saturated carbocycles. The van der Waals surface area contributed by atoms with Gasteiger partial charge in [-0.1, -0.05) is 11.6 Å². The van der Waals surface area contributed by atoms with Gasteiger partial charge in [0.2, 0.25) is 5.91 Å². The summed E-state index contributed by atoms with van der Waals surface area (Å²) in [6.45, 7) is 0.962. The fourth-order valence-corrected chi connectivity index (χ4v) is 3.39. The monoisotopic (exact) mass is 391 g/mol. The maximum absolute atomic E-state index is 12.8. The molecule has 10 heteroatoms. The van der Waals surface area contributed by atoms with Gasteiger partial charge in [0.15, 0.2) is 5.82 Å². The van der Waals surface area contributed by atoms with Crippen molar-refractivity contribution in [3.05, 3.63) is 45.6 Å². The van der Waals surface area contributed by atoms with Gasteiger partial charge in [-0.15, -0.1) is 0 Å². The van der Waals surface area contributed by atoms with E-state index in [0.717, 1.165) is 22.2 Å². The SMILES string of the molecule is O=C(Cn1c(=O)nc2n1C(=O)N(c1ccc(Cl)cc1)C2)NC[C@@H]1CCCO1. The molecule has 0 spiro atoms. The molecule has 0 aliphatic carbocycles. The molecule has 0 radical (unpaired) electrons. The van der Waals surface area contributed by atoms with E-state index in [1.165, 1.54) is 4.90 Å². The highest BCUT2D eigenvalue weighted by Crippen LogP contribution is 2.24. The number of amides is 2. The van der Waals surface area contributed by atoms with Crippen LogP contribution in [0, 0.1) is 0 Å². The number of carbonyl (C=O) groups is 2. The average Bonchev–Trinajstić information content (AvgIpc) is 3.34. The van der Waals surface area contributed by atoms with Gasteiger partial charge in [0.1, 0.15) is 6.54 Å². The van der Waals surface area contributed by atoms with Crippen LogP contribution < -0.4 is 15.9 Å². The van der Waals surface area contributed by atoms with Crippen LogP contribution in [-0.2, 0) is 22.6 Å². The largest absolute Gasteiger partial charge is 0.376 e. The predicted octanol–water partition coefficient (Wildman–Crippen LogP) is 0.982. The number of fused-ring (bicyclic) bond motifs is 1. The molecule has 0 bridgehead atoms. The first kappa shape index (κ1) is 17.7. The molecule has 4 rings (SSSR count). The number of nitrogens with one attached hydrogen (secondary N) is 1. The lowest BCUT2D eigenvalue weighted by atomic mass is 10.2. The fraction of sp³-hybridized carbons (Fsp3) is 0.412. The molecule has 2 aliphatic heterocycles. The van der Waals surface area contributed by atoms with Gasteiger partial charge in [0, 0.05) is 23.9 Å². The third-order valence-electron chi connectivity index (χ3n) is 4.63. The molecule has 3 heterocycles. The standard InChI is InChI=1S/C17H18ClN5O4/c18-11-3-5-12(6-4-11)21-9-14-20-16(25)22(23(14)17(21)26)10-15(24)19-8-13-2-1-7-27-13/h3-6,13H,1-2,7-10H2,(H,19,24)/t13-/m0/s1. The van der Waals surface area contributed by atoms with E-state index < -0.39 is 11.7 Å². The second kappa shape index (κ2) is 7.16. The lowest BCUT2D eigenvalue weighted by Crippen LogP contribution is -2.40. The molecule has 1 fully saturated rings. The van der Waals surface area contributed by atoms with Crippen LogP contribution in [0.2, 0.25) is 5.02 Å². The Kier molecular flexibility index (Phi) is 4.71. The number of rotatable bonds is 5. The minimum atomic E-state index is -0.624. The van der Waals surface area contributed by atoms with Crippen LogP contribution in [0.1, 0.15) is 18.7 Å². The third kappa shape index (κ3) is 3.47. The number of ether oxygens (including phenoxy) is 1. The Morgan fingerprint density at radius 1 is 1.30 bits per heavy atom. The molecule has 142 valence electrons. The summed E-state index contributed by atoms with van der Waals surface area (Å²) < 4.78 is 7.66. The number of hydrogen-bond acceptors (Lipinski definition) is 5. The van der Waals surface area contributed by atoms with E-state index in [2.05, 4.69) is 10.3 Å². The number of benzene rings is 1. The fourth-order valence-electron chi connectivity index (χ4n) is 3.27. The van der Waals surface area contributed by atoms with Gasteiger partial charge >= 0.3 is 11.7 Å². The quantitative estimate of drug-likeness (QED) is 0.819. The van der Waals surface area contributed by atoms with Crippen molar-refractivity contribution in [2.24, 2.45) is 0 Å². The van der Waals surface area contributed by atoms with Gasteiger partial charge < -0.3 is 10.1 Å². The van der Waals surface area contributed by atoms with E-state index in [4.69, 9.17) is 16.3 Å². The summed E-state index contributed by atoms with van der Waals surface area (Å²) in [6.07, 6.45) is 1.88. The smallest absolute Gasteiger partial charge is 0.365 e. The molecule has 2 aromatic rings. The molecule has 2 amide bonds. The molecule has 9 nitrogen and oxygen atoms in total. The van der Waals surface area contributed by atoms with Crippen LogP contribution >= 0.6 is 11.6 Å². The third-order valence-corrected chi connectivity index (χ3v) is 4.88. The molecule has 1 N–H and O–H groups in total. The van der Waals surface area contributed by atoms with Crippen LogP contribution in [0.5, 0.6) is 0 Å². The Morgan fingerprint density at radius 2 is 2.07 bits per heavy atom. The molecule has 0 unspecified atom stereocenters. The minimum Gasteiger partial charge on any atom is -0.376 e. The lowest BCUT2D eigenvalue weighted by molar-refractivity contribution is -0.122. The Balaban J connectivity index is 1.48. The van der Waals surface area contributed by atoms with Gasteiger partial charge in [-0.05, 0) is 37.1 Å². The second-order valence-corrected chi connectivity index (χ2v) is 6.90. The molecule has 1 atom stereocenters. The molecule has 1 saturated heterocycles. The Morgan fingerprint density at radius 3 is 2.78 bits per heavy atom. The van der Waals surface area contributed by atoms with E-state index in [1.807, 2.05) is 0 Å². The molecule has 2 aliphatic rings. The van der Waals surface area contributed by atoms with Crippen molar-refractivity contribution in [1.82, 2.24) is 19.7 Å². The number of halogens is 1. The molecular weight excluding hydrogens is 374 g/mol.